The second-order valence-corrected chi connectivity index (χ2v) is 4.09. The van der Waals surface area contributed by atoms with Gasteiger partial charge in [-0.05, 0) is 31.3 Å². The molecule has 0 heterocycles. The molecule has 0 fully saturated rings. The van der Waals surface area contributed by atoms with Crippen LogP contribution in [0.5, 0.6) is 11.5 Å². The van der Waals surface area contributed by atoms with Gasteiger partial charge in [-0.3, -0.25) is 4.79 Å². The van der Waals surface area contributed by atoms with E-state index in [-0.39, 0.29) is 12.5 Å². The number of benzene rings is 1. The van der Waals surface area contributed by atoms with Crippen LogP contribution in [-0.2, 0) is 9.53 Å². The van der Waals surface area contributed by atoms with Crippen LogP contribution in [0.3, 0.4) is 0 Å². The van der Waals surface area contributed by atoms with Gasteiger partial charge in [-0.2, -0.15) is 0 Å². The van der Waals surface area contributed by atoms with Crippen LogP contribution in [0.4, 0.5) is 5.69 Å². The van der Waals surface area contributed by atoms with E-state index in [0.717, 1.165) is 0 Å². The Labute approximate surface area is 123 Å². The van der Waals surface area contributed by atoms with Crippen LogP contribution in [0.2, 0.25) is 0 Å². The van der Waals surface area contributed by atoms with Gasteiger partial charge in [-0.1, -0.05) is 0 Å². The van der Waals surface area contributed by atoms with Crippen molar-refractivity contribution in [3.05, 3.63) is 18.2 Å². The fourth-order valence-electron chi connectivity index (χ4n) is 1.43. The second kappa shape index (κ2) is 8.21. The minimum atomic E-state index is -0.363. The average Bonchev–Trinajstić information content (AvgIpc) is 2.46. The van der Waals surface area contributed by atoms with Gasteiger partial charge >= 0.3 is 5.97 Å². The molecule has 110 valence electrons. The molecule has 7 heteroatoms. The van der Waals surface area contributed by atoms with Gasteiger partial charge in [0.2, 0.25) is 0 Å². The molecule has 0 aromatic heterocycles. The zero-order valence-corrected chi connectivity index (χ0v) is 12.5. The average molecular weight is 298 g/mol. The van der Waals surface area contributed by atoms with E-state index in [4.69, 9.17) is 26.4 Å². The monoisotopic (exact) mass is 298 g/mol. The molecule has 1 aromatic rings. The molecule has 0 spiro atoms. The summed E-state index contributed by atoms with van der Waals surface area (Å²) in [6.45, 7) is 2.10. The first kappa shape index (κ1) is 16.0. The topological polar surface area (TPSA) is 68.8 Å². The van der Waals surface area contributed by atoms with Crippen LogP contribution in [0.15, 0.2) is 18.2 Å². The smallest absolute Gasteiger partial charge is 0.325 e. The van der Waals surface area contributed by atoms with Crippen molar-refractivity contribution >= 4 is 29.0 Å². The normalized spacial score (nSPS) is 9.55. The lowest BCUT2D eigenvalue weighted by atomic mass is 10.2. The molecule has 0 radical (unpaired) electrons. The van der Waals surface area contributed by atoms with Gasteiger partial charge in [0, 0.05) is 6.07 Å². The number of carbonyl (C=O) groups excluding carboxylic acids is 1. The Bertz CT molecular complexity index is 479. The van der Waals surface area contributed by atoms with Crippen molar-refractivity contribution in [2.45, 2.75) is 6.92 Å². The molecular weight excluding hydrogens is 280 g/mol. The fourth-order valence-corrected chi connectivity index (χ4v) is 1.61. The van der Waals surface area contributed by atoms with Crippen molar-refractivity contribution in [3.63, 3.8) is 0 Å². The standard InChI is InChI=1S/C13H18N2O4S/c1-4-19-12(16)8-14-13(20)15-10-6-5-9(17-2)7-11(10)18-3/h5-7H,4,8H2,1-3H3,(H2,14,15,20). The zero-order valence-electron chi connectivity index (χ0n) is 11.7. The molecular formula is C13H18N2O4S. The molecule has 0 aliphatic carbocycles. The van der Waals surface area contributed by atoms with Gasteiger partial charge in [0.05, 0.1) is 26.5 Å². The van der Waals surface area contributed by atoms with Crippen molar-refractivity contribution in [2.75, 3.05) is 32.7 Å². The molecule has 0 aliphatic rings. The molecule has 0 aliphatic heterocycles. The fraction of sp³-hybridized carbons (Fsp3) is 0.385. The maximum Gasteiger partial charge on any atom is 0.325 e. The van der Waals surface area contributed by atoms with E-state index in [2.05, 4.69) is 10.6 Å². The maximum absolute atomic E-state index is 11.2. The first-order valence-corrected chi connectivity index (χ1v) is 6.44. The van der Waals surface area contributed by atoms with E-state index in [0.29, 0.717) is 28.9 Å². The summed E-state index contributed by atoms with van der Waals surface area (Å²) < 4.78 is 15.1. The maximum atomic E-state index is 11.2. The summed E-state index contributed by atoms with van der Waals surface area (Å²) in [7, 11) is 3.13. The van der Waals surface area contributed by atoms with E-state index in [1.807, 2.05) is 0 Å². The van der Waals surface area contributed by atoms with E-state index >= 15 is 0 Å². The summed E-state index contributed by atoms with van der Waals surface area (Å²) in [6.07, 6.45) is 0. The Balaban J connectivity index is 2.59. The largest absolute Gasteiger partial charge is 0.497 e. The lowest BCUT2D eigenvalue weighted by Crippen LogP contribution is -2.34. The van der Waals surface area contributed by atoms with Gasteiger partial charge in [-0.15, -0.1) is 0 Å². The predicted octanol–water partition coefficient (Wildman–Crippen LogP) is 1.55. The summed E-state index contributed by atoms with van der Waals surface area (Å²) in [5, 5.41) is 6.00. The van der Waals surface area contributed by atoms with Gasteiger partial charge in [0.1, 0.15) is 18.0 Å². The van der Waals surface area contributed by atoms with Crippen molar-refractivity contribution in [2.24, 2.45) is 0 Å². The highest BCUT2D eigenvalue weighted by Gasteiger charge is 2.08. The molecule has 2 N–H and O–H groups in total. The molecule has 0 bridgehead atoms. The summed E-state index contributed by atoms with van der Waals surface area (Å²) in [6, 6.07) is 5.28. The summed E-state index contributed by atoms with van der Waals surface area (Å²) in [5.41, 5.74) is 0.676. The van der Waals surface area contributed by atoms with Crippen LogP contribution in [0, 0.1) is 0 Å². The second-order valence-electron chi connectivity index (χ2n) is 3.68. The summed E-state index contributed by atoms with van der Waals surface area (Å²) >= 11 is 5.09. The first-order chi connectivity index (χ1) is 9.60. The third kappa shape index (κ3) is 4.93. The number of esters is 1. The minimum absolute atomic E-state index is 0.0120. The number of methoxy groups -OCH3 is 2. The number of nitrogens with one attached hydrogen (secondary N) is 2. The third-order valence-electron chi connectivity index (χ3n) is 2.36. The van der Waals surface area contributed by atoms with E-state index in [1.165, 1.54) is 0 Å². The van der Waals surface area contributed by atoms with Crippen molar-refractivity contribution in [1.82, 2.24) is 5.32 Å². The Hall–Kier alpha value is -2.02. The number of thiocarbonyl (C=S) groups is 1. The number of anilines is 1. The lowest BCUT2D eigenvalue weighted by molar-refractivity contribution is -0.141. The third-order valence-corrected chi connectivity index (χ3v) is 2.60. The van der Waals surface area contributed by atoms with E-state index < -0.39 is 0 Å². The first-order valence-electron chi connectivity index (χ1n) is 6.03. The molecule has 0 saturated carbocycles. The molecule has 0 amide bonds. The summed E-state index contributed by atoms with van der Waals surface area (Å²) in [5.74, 6) is 0.904. The molecule has 1 aromatic carbocycles. The number of hydrogen-bond donors (Lipinski definition) is 2. The van der Waals surface area contributed by atoms with E-state index in [1.54, 1.807) is 39.3 Å². The van der Waals surface area contributed by atoms with Crippen LogP contribution in [-0.4, -0.2) is 38.5 Å². The molecule has 0 atom stereocenters. The summed E-state index contributed by atoms with van der Waals surface area (Å²) in [4.78, 5) is 11.2. The molecule has 1 rings (SSSR count). The van der Waals surface area contributed by atoms with Gasteiger partial charge in [0.25, 0.3) is 0 Å². The SMILES string of the molecule is CCOC(=O)CNC(=S)Nc1ccc(OC)cc1OC. The highest BCUT2D eigenvalue weighted by Crippen LogP contribution is 2.28. The van der Waals surface area contributed by atoms with Gasteiger partial charge < -0.3 is 24.8 Å². The van der Waals surface area contributed by atoms with E-state index in [9.17, 15) is 4.79 Å². The van der Waals surface area contributed by atoms with Crippen molar-refractivity contribution in [3.8, 4) is 11.5 Å². The van der Waals surface area contributed by atoms with Crippen LogP contribution < -0.4 is 20.1 Å². The van der Waals surface area contributed by atoms with Crippen molar-refractivity contribution < 1.29 is 19.0 Å². The minimum Gasteiger partial charge on any atom is -0.497 e. The van der Waals surface area contributed by atoms with Crippen molar-refractivity contribution in [1.29, 1.82) is 0 Å². The number of rotatable bonds is 6. The van der Waals surface area contributed by atoms with Crippen LogP contribution in [0.1, 0.15) is 6.92 Å². The highest BCUT2D eigenvalue weighted by molar-refractivity contribution is 7.80. The number of hydrogen-bond acceptors (Lipinski definition) is 5. The van der Waals surface area contributed by atoms with Crippen LogP contribution in [0.25, 0.3) is 0 Å². The molecule has 20 heavy (non-hydrogen) atoms. The van der Waals surface area contributed by atoms with Gasteiger partial charge in [-0.25, -0.2) is 0 Å². The Morgan fingerprint density at radius 2 is 2.05 bits per heavy atom. The Morgan fingerprint density at radius 3 is 2.65 bits per heavy atom. The van der Waals surface area contributed by atoms with Crippen LogP contribution >= 0.6 is 12.2 Å². The number of ether oxygens (including phenoxy) is 3. The quantitative estimate of drug-likeness (QED) is 0.610. The lowest BCUT2D eigenvalue weighted by Gasteiger charge is -2.14. The molecule has 0 unspecified atom stereocenters. The molecule has 0 saturated heterocycles. The Kier molecular flexibility index (Phi) is 6.58. The predicted molar refractivity (Wildman–Crippen MR) is 80.4 cm³/mol. The van der Waals surface area contributed by atoms with Gasteiger partial charge in [0.15, 0.2) is 5.11 Å². The molecule has 6 nitrogen and oxygen atoms in total. The number of carbonyl (C=O) groups is 1. The Morgan fingerprint density at radius 1 is 1.30 bits per heavy atom. The highest BCUT2D eigenvalue weighted by atomic mass is 32.1. The zero-order chi connectivity index (χ0) is 15.0.